The van der Waals surface area contributed by atoms with Crippen LogP contribution in [0.2, 0.25) is 0 Å². The lowest BCUT2D eigenvalue weighted by molar-refractivity contribution is -0.225. The van der Waals surface area contributed by atoms with Crippen molar-refractivity contribution in [3.8, 4) is 0 Å². The number of rotatable bonds is 4. The van der Waals surface area contributed by atoms with Crippen molar-refractivity contribution in [2.75, 3.05) is 19.1 Å². The van der Waals surface area contributed by atoms with Crippen molar-refractivity contribution in [2.45, 2.75) is 19.3 Å². The van der Waals surface area contributed by atoms with Crippen LogP contribution in [0, 0.1) is 5.92 Å². The van der Waals surface area contributed by atoms with Crippen LogP contribution in [0.1, 0.15) is 18.8 Å². The Kier molecular flexibility index (Phi) is 5.82. The number of hydrogen-bond donors (Lipinski definition) is 0. The topological polar surface area (TPSA) is 18.5 Å². The van der Waals surface area contributed by atoms with Gasteiger partial charge in [0.1, 0.15) is 0 Å². The number of thioether (sulfide) groups is 2. The molecule has 1 aromatic carbocycles. The maximum atomic E-state index is 6.09. The molecule has 0 N–H and O–H groups in total. The molecule has 2 rings (SSSR count). The summed E-state index contributed by atoms with van der Waals surface area (Å²) in [5, 5.41) is 0. The van der Waals surface area contributed by atoms with Gasteiger partial charge in [0.15, 0.2) is 6.29 Å². The van der Waals surface area contributed by atoms with Crippen molar-refractivity contribution in [2.24, 2.45) is 5.92 Å². The molecule has 4 heteroatoms. The Morgan fingerprint density at radius 3 is 2.53 bits per heavy atom. The summed E-state index contributed by atoms with van der Waals surface area (Å²) in [6.45, 7) is 2.90. The highest BCUT2D eigenvalue weighted by Gasteiger charge is 2.28. The summed E-state index contributed by atoms with van der Waals surface area (Å²) in [6.07, 6.45) is 6.29. The van der Waals surface area contributed by atoms with Crippen LogP contribution in [0.3, 0.4) is 0 Å². The zero-order chi connectivity index (χ0) is 13.7. The lowest BCUT2D eigenvalue weighted by atomic mass is 10.0. The summed E-state index contributed by atoms with van der Waals surface area (Å²) >= 11 is 3.53. The van der Waals surface area contributed by atoms with Gasteiger partial charge < -0.3 is 9.47 Å². The molecule has 0 amide bonds. The zero-order valence-electron chi connectivity index (χ0n) is 11.5. The normalized spacial score (nSPS) is 27.0. The Balaban J connectivity index is 2.10. The standard InChI is InChI=1S/C15H20O2S2/c1-11-10-16-15(12-7-5-4-6-8-12)17-13(11)9-14(18-2)19-3/h4-9,11,13,15H,10H2,1-3H3. The summed E-state index contributed by atoms with van der Waals surface area (Å²) in [7, 11) is 0. The van der Waals surface area contributed by atoms with Gasteiger partial charge in [-0.3, -0.25) is 0 Å². The fourth-order valence-electron chi connectivity index (χ4n) is 1.99. The molecule has 19 heavy (non-hydrogen) atoms. The number of ether oxygens (including phenoxy) is 2. The quantitative estimate of drug-likeness (QED) is 0.824. The Morgan fingerprint density at radius 2 is 1.89 bits per heavy atom. The molecule has 3 atom stereocenters. The van der Waals surface area contributed by atoms with Gasteiger partial charge in [-0.25, -0.2) is 0 Å². The van der Waals surface area contributed by atoms with E-state index in [1.165, 1.54) is 4.24 Å². The third kappa shape index (κ3) is 4.02. The van der Waals surface area contributed by atoms with E-state index < -0.39 is 0 Å². The average Bonchev–Trinajstić information content (AvgIpc) is 2.47. The van der Waals surface area contributed by atoms with Crippen molar-refractivity contribution in [3.63, 3.8) is 0 Å². The molecule has 3 unspecified atom stereocenters. The predicted octanol–water partition coefficient (Wildman–Crippen LogP) is 4.30. The van der Waals surface area contributed by atoms with Gasteiger partial charge in [-0.15, -0.1) is 23.5 Å². The first-order valence-corrected chi connectivity index (χ1v) is 8.81. The highest BCUT2D eigenvalue weighted by atomic mass is 32.2. The number of hydrogen-bond acceptors (Lipinski definition) is 4. The smallest absolute Gasteiger partial charge is 0.184 e. The molecule has 1 aromatic rings. The largest absolute Gasteiger partial charge is 0.348 e. The Labute approximate surface area is 123 Å². The Hall–Kier alpha value is -0.420. The fourth-order valence-corrected chi connectivity index (χ4v) is 3.20. The van der Waals surface area contributed by atoms with Crippen molar-refractivity contribution < 1.29 is 9.47 Å². The van der Waals surface area contributed by atoms with E-state index in [2.05, 4.69) is 25.5 Å². The van der Waals surface area contributed by atoms with Gasteiger partial charge >= 0.3 is 0 Å². The van der Waals surface area contributed by atoms with Crippen LogP contribution in [-0.2, 0) is 9.47 Å². The maximum absolute atomic E-state index is 6.09. The first-order chi connectivity index (χ1) is 9.24. The molecule has 2 nitrogen and oxygen atoms in total. The summed E-state index contributed by atoms with van der Waals surface area (Å²) in [6, 6.07) is 10.1. The minimum absolute atomic E-state index is 0.119. The summed E-state index contributed by atoms with van der Waals surface area (Å²) in [4.78, 5) is 0. The summed E-state index contributed by atoms with van der Waals surface area (Å²) < 4.78 is 13.2. The lowest BCUT2D eigenvalue weighted by Gasteiger charge is -2.33. The Morgan fingerprint density at radius 1 is 1.21 bits per heavy atom. The van der Waals surface area contributed by atoms with E-state index in [1.807, 2.05) is 30.3 Å². The first kappa shape index (κ1) is 15.0. The highest BCUT2D eigenvalue weighted by Crippen LogP contribution is 2.33. The molecular weight excluding hydrogens is 276 g/mol. The van der Waals surface area contributed by atoms with Crippen LogP contribution in [0.5, 0.6) is 0 Å². The van der Waals surface area contributed by atoms with Gasteiger partial charge in [0, 0.05) is 15.7 Å². The van der Waals surface area contributed by atoms with Crippen LogP contribution in [-0.4, -0.2) is 25.2 Å². The minimum atomic E-state index is -0.247. The molecule has 1 saturated heterocycles. The van der Waals surface area contributed by atoms with Crippen molar-refractivity contribution in [3.05, 3.63) is 46.2 Å². The van der Waals surface area contributed by atoms with E-state index in [0.717, 1.165) is 12.2 Å². The first-order valence-electron chi connectivity index (χ1n) is 6.36. The maximum Gasteiger partial charge on any atom is 0.184 e. The van der Waals surface area contributed by atoms with Crippen molar-refractivity contribution in [1.29, 1.82) is 0 Å². The van der Waals surface area contributed by atoms with Crippen LogP contribution in [0.25, 0.3) is 0 Å². The van der Waals surface area contributed by atoms with E-state index in [9.17, 15) is 0 Å². The monoisotopic (exact) mass is 296 g/mol. The van der Waals surface area contributed by atoms with E-state index in [4.69, 9.17) is 9.47 Å². The average molecular weight is 296 g/mol. The van der Waals surface area contributed by atoms with Crippen molar-refractivity contribution >= 4 is 23.5 Å². The van der Waals surface area contributed by atoms with Gasteiger partial charge in [-0.2, -0.15) is 0 Å². The van der Waals surface area contributed by atoms with Gasteiger partial charge in [0.2, 0.25) is 0 Å². The van der Waals surface area contributed by atoms with Crippen LogP contribution < -0.4 is 0 Å². The highest BCUT2D eigenvalue weighted by molar-refractivity contribution is 8.21. The lowest BCUT2D eigenvalue weighted by Crippen LogP contribution is -2.33. The zero-order valence-corrected chi connectivity index (χ0v) is 13.2. The molecule has 1 aliphatic heterocycles. The van der Waals surface area contributed by atoms with Crippen LogP contribution >= 0.6 is 23.5 Å². The summed E-state index contributed by atoms with van der Waals surface area (Å²) in [5.74, 6) is 0.384. The minimum Gasteiger partial charge on any atom is -0.348 e. The summed E-state index contributed by atoms with van der Waals surface area (Å²) in [5.41, 5.74) is 1.09. The molecule has 0 spiro atoms. The molecule has 104 valence electrons. The van der Waals surface area contributed by atoms with Gasteiger partial charge in [0.05, 0.1) is 12.7 Å². The third-order valence-electron chi connectivity index (χ3n) is 3.13. The SMILES string of the molecule is CSC(=CC1OC(c2ccccc2)OCC1C)SC. The van der Waals surface area contributed by atoms with Gasteiger partial charge in [-0.1, -0.05) is 37.3 Å². The predicted molar refractivity (Wildman–Crippen MR) is 84.3 cm³/mol. The molecule has 0 saturated carbocycles. The second kappa shape index (κ2) is 7.39. The molecular formula is C15H20O2S2. The molecule has 0 radical (unpaired) electrons. The molecule has 0 aliphatic carbocycles. The molecule has 0 aromatic heterocycles. The van der Waals surface area contributed by atoms with E-state index >= 15 is 0 Å². The fraction of sp³-hybridized carbons (Fsp3) is 0.467. The second-order valence-corrected chi connectivity index (χ2v) is 6.50. The second-order valence-electron chi connectivity index (χ2n) is 4.55. The Bertz CT molecular complexity index is 413. The van der Waals surface area contributed by atoms with Gasteiger partial charge in [0.25, 0.3) is 0 Å². The third-order valence-corrected chi connectivity index (χ3v) is 5.20. The molecule has 1 aliphatic rings. The van der Waals surface area contributed by atoms with Crippen LogP contribution in [0.15, 0.2) is 40.6 Å². The van der Waals surface area contributed by atoms with E-state index in [0.29, 0.717) is 5.92 Å². The van der Waals surface area contributed by atoms with Crippen molar-refractivity contribution in [1.82, 2.24) is 0 Å². The van der Waals surface area contributed by atoms with Crippen LogP contribution in [0.4, 0.5) is 0 Å². The van der Waals surface area contributed by atoms with Gasteiger partial charge in [-0.05, 0) is 18.6 Å². The molecule has 0 bridgehead atoms. The number of benzene rings is 1. The molecule has 1 heterocycles. The van der Waals surface area contributed by atoms with E-state index in [-0.39, 0.29) is 12.4 Å². The molecule has 1 fully saturated rings. The van der Waals surface area contributed by atoms with E-state index in [1.54, 1.807) is 23.5 Å².